The minimum absolute atomic E-state index is 0.0299. The number of ether oxygens (including phenoxy) is 3. The summed E-state index contributed by atoms with van der Waals surface area (Å²) in [5.74, 6) is 1.13. The quantitative estimate of drug-likeness (QED) is 0.853. The van der Waals surface area contributed by atoms with Crippen molar-refractivity contribution in [3.05, 3.63) is 63.0 Å². The van der Waals surface area contributed by atoms with Crippen LogP contribution in [0, 0.1) is 18.3 Å². The highest BCUT2D eigenvalue weighted by molar-refractivity contribution is 5.57. The monoisotopic (exact) mass is 324 g/mol. The summed E-state index contributed by atoms with van der Waals surface area (Å²) in [7, 11) is 0. The fourth-order valence-electron chi connectivity index (χ4n) is 2.94. The predicted molar refractivity (Wildman–Crippen MR) is 81.6 cm³/mol. The van der Waals surface area contributed by atoms with E-state index in [1.807, 2.05) is 6.07 Å². The van der Waals surface area contributed by atoms with Crippen molar-refractivity contribution in [3.8, 4) is 23.3 Å². The Bertz CT molecular complexity index is 983. The van der Waals surface area contributed by atoms with Crippen molar-refractivity contribution >= 4 is 0 Å². The highest BCUT2D eigenvalue weighted by Gasteiger charge is 2.35. The Morgan fingerprint density at radius 2 is 2.00 bits per heavy atom. The lowest BCUT2D eigenvalue weighted by atomic mass is 9.84. The molecule has 2 aromatic rings. The van der Waals surface area contributed by atoms with Crippen molar-refractivity contribution in [2.45, 2.75) is 12.8 Å². The highest BCUT2D eigenvalue weighted by atomic mass is 16.7. The van der Waals surface area contributed by atoms with Crippen molar-refractivity contribution in [1.82, 2.24) is 0 Å². The molecule has 1 unspecified atom stereocenters. The first kappa shape index (κ1) is 14.2. The molecular formula is C17H12N2O5. The zero-order chi connectivity index (χ0) is 16.8. The van der Waals surface area contributed by atoms with Gasteiger partial charge in [-0.2, -0.15) is 5.26 Å². The molecule has 2 N–H and O–H groups in total. The first-order valence-electron chi connectivity index (χ1n) is 7.20. The van der Waals surface area contributed by atoms with Crippen LogP contribution in [0.5, 0.6) is 17.2 Å². The lowest BCUT2D eigenvalue weighted by Crippen LogP contribution is -2.26. The molecule has 24 heavy (non-hydrogen) atoms. The Morgan fingerprint density at radius 3 is 2.79 bits per heavy atom. The van der Waals surface area contributed by atoms with Crippen LogP contribution in [0.3, 0.4) is 0 Å². The minimum Gasteiger partial charge on any atom is -0.454 e. The van der Waals surface area contributed by atoms with E-state index in [0.29, 0.717) is 28.6 Å². The number of aryl methyl sites for hydroxylation is 1. The zero-order valence-corrected chi connectivity index (χ0v) is 12.7. The Balaban J connectivity index is 1.96. The van der Waals surface area contributed by atoms with Gasteiger partial charge in [-0.05, 0) is 24.6 Å². The van der Waals surface area contributed by atoms with Crippen LogP contribution in [-0.2, 0) is 0 Å². The molecule has 0 amide bonds. The number of nitrogens with zero attached hydrogens (tertiary/aromatic N) is 1. The van der Waals surface area contributed by atoms with Crippen molar-refractivity contribution in [2.75, 3.05) is 6.79 Å². The fourth-order valence-corrected chi connectivity index (χ4v) is 2.94. The molecule has 0 saturated heterocycles. The second kappa shape index (κ2) is 5.06. The molecule has 0 bridgehead atoms. The molecule has 2 aliphatic heterocycles. The molecule has 0 fully saturated rings. The molecule has 3 heterocycles. The van der Waals surface area contributed by atoms with E-state index in [1.54, 1.807) is 31.2 Å². The standard InChI is InChI=1S/C17H12N2O5/c1-8-4-13-15(17(20)23-8)14(10(6-18)16(19)24-13)9-2-3-11-12(5-9)22-7-21-11/h2-5,14H,7,19H2,1H3. The summed E-state index contributed by atoms with van der Waals surface area (Å²) in [5.41, 5.74) is 6.39. The third kappa shape index (κ3) is 2.01. The Kier molecular flexibility index (Phi) is 3.00. The third-order valence-electron chi connectivity index (χ3n) is 3.99. The number of nitriles is 1. The maximum atomic E-state index is 12.4. The number of benzene rings is 1. The normalized spacial score (nSPS) is 17.9. The average molecular weight is 324 g/mol. The first-order valence-corrected chi connectivity index (χ1v) is 7.20. The van der Waals surface area contributed by atoms with E-state index in [2.05, 4.69) is 0 Å². The number of allylic oxidation sites excluding steroid dienone is 1. The molecule has 7 nitrogen and oxygen atoms in total. The molecule has 1 atom stereocenters. The molecule has 0 spiro atoms. The van der Waals surface area contributed by atoms with Gasteiger partial charge in [0.2, 0.25) is 12.7 Å². The largest absolute Gasteiger partial charge is 0.454 e. The van der Waals surface area contributed by atoms with E-state index in [-0.39, 0.29) is 23.8 Å². The topological polar surface area (TPSA) is 108 Å². The van der Waals surface area contributed by atoms with Gasteiger partial charge in [-0.25, -0.2) is 4.79 Å². The van der Waals surface area contributed by atoms with E-state index in [1.165, 1.54) is 0 Å². The summed E-state index contributed by atoms with van der Waals surface area (Å²) in [6.45, 7) is 1.77. The van der Waals surface area contributed by atoms with Gasteiger partial charge >= 0.3 is 5.63 Å². The molecule has 0 aliphatic carbocycles. The van der Waals surface area contributed by atoms with E-state index in [4.69, 9.17) is 24.4 Å². The van der Waals surface area contributed by atoms with E-state index in [9.17, 15) is 10.1 Å². The van der Waals surface area contributed by atoms with Crippen molar-refractivity contribution in [1.29, 1.82) is 5.26 Å². The number of nitrogens with two attached hydrogens (primary N) is 1. The van der Waals surface area contributed by atoms with Gasteiger partial charge in [0.05, 0.1) is 11.5 Å². The van der Waals surface area contributed by atoms with Gasteiger partial charge in [0, 0.05) is 6.07 Å². The van der Waals surface area contributed by atoms with Gasteiger partial charge in [-0.3, -0.25) is 0 Å². The van der Waals surface area contributed by atoms with Crippen LogP contribution in [0.25, 0.3) is 0 Å². The molecule has 7 heteroatoms. The summed E-state index contributed by atoms with van der Waals surface area (Å²) >= 11 is 0. The van der Waals surface area contributed by atoms with Gasteiger partial charge in [0.15, 0.2) is 11.5 Å². The van der Waals surface area contributed by atoms with Gasteiger partial charge in [-0.1, -0.05) is 6.07 Å². The lowest BCUT2D eigenvalue weighted by Gasteiger charge is -2.25. The van der Waals surface area contributed by atoms with Crippen LogP contribution in [0.15, 0.2) is 44.9 Å². The molecule has 120 valence electrons. The van der Waals surface area contributed by atoms with Gasteiger partial charge in [-0.15, -0.1) is 0 Å². The Labute approximate surface area is 136 Å². The molecular weight excluding hydrogens is 312 g/mol. The molecule has 1 aromatic heterocycles. The van der Waals surface area contributed by atoms with Crippen LogP contribution >= 0.6 is 0 Å². The summed E-state index contributed by atoms with van der Waals surface area (Å²) in [4.78, 5) is 12.4. The van der Waals surface area contributed by atoms with Gasteiger partial charge in [0.1, 0.15) is 23.2 Å². The second-order valence-corrected chi connectivity index (χ2v) is 5.46. The van der Waals surface area contributed by atoms with Crippen molar-refractivity contribution in [3.63, 3.8) is 0 Å². The van der Waals surface area contributed by atoms with Crippen molar-refractivity contribution < 1.29 is 18.6 Å². The molecule has 1 aromatic carbocycles. The molecule has 2 aliphatic rings. The number of hydrogen-bond acceptors (Lipinski definition) is 7. The molecule has 4 rings (SSSR count). The smallest absolute Gasteiger partial charge is 0.343 e. The first-order chi connectivity index (χ1) is 11.6. The van der Waals surface area contributed by atoms with E-state index < -0.39 is 11.5 Å². The minimum atomic E-state index is -0.690. The van der Waals surface area contributed by atoms with Gasteiger partial charge in [0.25, 0.3) is 0 Å². The van der Waals surface area contributed by atoms with Crippen molar-refractivity contribution in [2.24, 2.45) is 5.73 Å². The lowest BCUT2D eigenvalue weighted by molar-refractivity contribution is 0.174. The van der Waals surface area contributed by atoms with Gasteiger partial charge < -0.3 is 24.4 Å². The number of fused-ring (bicyclic) bond motifs is 2. The average Bonchev–Trinajstić information content (AvgIpc) is 3.00. The summed E-state index contributed by atoms with van der Waals surface area (Å²) < 4.78 is 21.3. The van der Waals surface area contributed by atoms with Crippen LogP contribution in [-0.4, -0.2) is 6.79 Å². The number of rotatable bonds is 1. The molecule has 0 saturated carbocycles. The van der Waals surface area contributed by atoms with Crippen LogP contribution in [0.1, 0.15) is 22.8 Å². The molecule has 0 radical (unpaired) electrons. The van der Waals surface area contributed by atoms with Crippen LogP contribution < -0.4 is 25.6 Å². The fraction of sp³-hybridized carbons (Fsp3) is 0.176. The Morgan fingerprint density at radius 1 is 1.21 bits per heavy atom. The SMILES string of the molecule is Cc1cc2c(c(=O)o1)C(c1ccc3c(c1)OCO3)C(C#N)=C(N)O2. The van der Waals surface area contributed by atoms with E-state index in [0.717, 1.165) is 0 Å². The van der Waals surface area contributed by atoms with Crippen LogP contribution in [0.4, 0.5) is 0 Å². The van der Waals surface area contributed by atoms with E-state index >= 15 is 0 Å². The third-order valence-corrected chi connectivity index (χ3v) is 3.99. The highest BCUT2D eigenvalue weighted by Crippen LogP contribution is 2.43. The van der Waals surface area contributed by atoms with Crippen LogP contribution in [0.2, 0.25) is 0 Å². The summed E-state index contributed by atoms with van der Waals surface area (Å²) in [5, 5.41) is 9.50. The Hall–Kier alpha value is -3.40. The second-order valence-electron chi connectivity index (χ2n) is 5.46. The zero-order valence-electron chi connectivity index (χ0n) is 12.7. The number of hydrogen-bond donors (Lipinski definition) is 1. The summed E-state index contributed by atoms with van der Waals surface area (Å²) in [6, 6.07) is 8.83. The maximum absolute atomic E-state index is 12.4. The summed E-state index contributed by atoms with van der Waals surface area (Å²) in [6.07, 6.45) is 0. The maximum Gasteiger partial charge on any atom is 0.343 e. The predicted octanol–water partition coefficient (Wildman–Crippen LogP) is 1.90.